The Hall–Kier alpha value is -6.47. The Morgan fingerprint density at radius 1 is 0.500 bits per heavy atom. The Morgan fingerprint density at radius 2 is 1.07 bits per heavy atom. The number of rotatable bonds is 4. The lowest BCUT2D eigenvalue weighted by Gasteiger charge is -2.24. The molecule has 11 rings (SSSR count). The minimum Gasteiger partial charge on any atom is -0.433 e. The van der Waals surface area contributed by atoms with Gasteiger partial charge in [-0.2, -0.15) is 9.97 Å². The molecule has 0 atom stereocenters. The van der Waals surface area contributed by atoms with Crippen LogP contribution >= 0.6 is 0 Å². The van der Waals surface area contributed by atoms with E-state index in [1.165, 1.54) is 44.5 Å². The molecule has 0 unspecified atom stereocenters. The number of hydrogen-bond acceptors (Lipinski definition) is 7. The average Bonchev–Trinajstić information content (AvgIpc) is 3.93. The molecule has 0 fully saturated rings. The lowest BCUT2D eigenvalue weighted by atomic mass is 9.79. The van der Waals surface area contributed by atoms with Gasteiger partial charge >= 0.3 is 0 Å². The molecule has 0 bridgehead atoms. The maximum absolute atomic E-state index is 6.24. The molecule has 0 saturated carbocycles. The highest BCUT2D eigenvalue weighted by Crippen LogP contribution is 2.51. The van der Waals surface area contributed by atoms with Crippen LogP contribution < -0.4 is 0 Å². The summed E-state index contributed by atoms with van der Waals surface area (Å²) in [6, 6.07) is 35.7. The van der Waals surface area contributed by atoms with Gasteiger partial charge in [0, 0.05) is 28.0 Å². The summed E-state index contributed by atoms with van der Waals surface area (Å²) in [6.07, 6.45) is 6.80. The van der Waals surface area contributed by atoms with E-state index >= 15 is 0 Å². The first-order valence-electron chi connectivity index (χ1n) is 18.6. The van der Waals surface area contributed by atoms with E-state index in [0.717, 1.165) is 35.4 Å². The second kappa shape index (κ2) is 11.0. The summed E-state index contributed by atoms with van der Waals surface area (Å²) in [5.74, 6) is 0.783. The molecule has 3 aliphatic carbocycles. The van der Waals surface area contributed by atoms with E-state index in [4.69, 9.17) is 33.8 Å². The fourth-order valence-electron chi connectivity index (χ4n) is 8.89. The normalized spacial score (nSPS) is 16.1. The molecule has 260 valence electrons. The smallest absolute Gasteiger partial charge is 0.247 e. The lowest BCUT2D eigenvalue weighted by molar-refractivity contribution is 0.606. The largest absolute Gasteiger partial charge is 0.433 e. The van der Waals surface area contributed by atoms with E-state index in [1.807, 2.05) is 36.4 Å². The number of nitrogens with zero attached hydrogens (tertiary/aromatic N) is 5. The summed E-state index contributed by atoms with van der Waals surface area (Å²) in [6.45, 7) is 9.21. The van der Waals surface area contributed by atoms with Crippen LogP contribution in [0.1, 0.15) is 62.8 Å². The molecular formula is C47H35N5O2. The molecule has 0 saturated heterocycles. The lowest BCUT2D eigenvalue weighted by Crippen LogP contribution is -2.16. The van der Waals surface area contributed by atoms with Crippen LogP contribution in [0.2, 0.25) is 0 Å². The van der Waals surface area contributed by atoms with Crippen LogP contribution in [0.3, 0.4) is 0 Å². The number of fused-ring (bicyclic) bond motifs is 7. The average molecular weight is 702 g/mol. The Labute approximate surface area is 312 Å². The van der Waals surface area contributed by atoms with Gasteiger partial charge in [-0.25, -0.2) is 15.0 Å². The van der Waals surface area contributed by atoms with Gasteiger partial charge in [-0.1, -0.05) is 101 Å². The molecular weight excluding hydrogens is 667 g/mol. The molecule has 0 aliphatic heterocycles. The van der Waals surface area contributed by atoms with Crippen LogP contribution in [0.25, 0.3) is 84.8 Å². The maximum Gasteiger partial charge on any atom is 0.247 e. The third kappa shape index (κ3) is 4.51. The second-order valence-corrected chi connectivity index (χ2v) is 15.6. The number of allylic oxidation sites excluding steroid dienone is 4. The highest BCUT2D eigenvalue weighted by atomic mass is 16.4. The number of benzene rings is 3. The highest BCUT2D eigenvalue weighted by molar-refractivity contribution is 5.87. The first-order valence-corrected chi connectivity index (χ1v) is 18.6. The van der Waals surface area contributed by atoms with Crippen molar-refractivity contribution in [1.29, 1.82) is 0 Å². The van der Waals surface area contributed by atoms with Gasteiger partial charge < -0.3 is 8.83 Å². The Balaban J connectivity index is 0.892. The van der Waals surface area contributed by atoms with Gasteiger partial charge in [-0.05, 0) is 93.8 Å². The van der Waals surface area contributed by atoms with Crippen LogP contribution in [0.15, 0.2) is 130 Å². The molecule has 0 N–H and O–H groups in total. The standard InChI is InChI=1S/C47H35N5O2/c1-46(2)32-13-7-5-11-28(32)30-21-19-26(23-34(30)46)36-15-9-17-38(48-36)44-51-42-40(53-44)25-41-43(50-42)52-45(54-41)39-18-10-16-37(49-39)27-20-22-31-29-12-6-8-14-33(29)47(3,4)35(31)24-27/h5,7-11,13-25H,6,12H2,1-4H3. The van der Waals surface area contributed by atoms with Gasteiger partial charge in [-0.3, -0.25) is 0 Å². The predicted octanol–water partition coefficient (Wildman–Crippen LogP) is 11.5. The number of aromatic nitrogens is 5. The molecule has 5 heterocycles. The zero-order valence-corrected chi connectivity index (χ0v) is 30.4. The van der Waals surface area contributed by atoms with Crippen molar-refractivity contribution in [3.63, 3.8) is 0 Å². The molecule has 0 radical (unpaired) electrons. The van der Waals surface area contributed by atoms with Gasteiger partial charge in [-0.15, -0.1) is 0 Å². The third-order valence-corrected chi connectivity index (χ3v) is 11.7. The maximum atomic E-state index is 6.24. The van der Waals surface area contributed by atoms with Gasteiger partial charge in [0.25, 0.3) is 0 Å². The minimum absolute atomic E-state index is 0.0437. The van der Waals surface area contributed by atoms with Gasteiger partial charge in [0.05, 0.1) is 11.4 Å². The van der Waals surface area contributed by atoms with Crippen LogP contribution in [0.4, 0.5) is 0 Å². The van der Waals surface area contributed by atoms with Gasteiger partial charge in [0.2, 0.25) is 23.1 Å². The summed E-state index contributed by atoms with van der Waals surface area (Å²) in [4.78, 5) is 24.2. The monoisotopic (exact) mass is 701 g/mol. The predicted molar refractivity (Wildman–Crippen MR) is 213 cm³/mol. The fraction of sp³-hybridized carbons (Fsp3) is 0.170. The van der Waals surface area contributed by atoms with E-state index in [1.54, 1.807) is 6.07 Å². The van der Waals surface area contributed by atoms with Crippen molar-refractivity contribution >= 4 is 28.0 Å². The molecule has 3 aliphatic rings. The minimum atomic E-state index is -0.0931. The molecule has 3 aromatic carbocycles. The molecule has 8 aromatic rings. The van der Waals surface area contributed by atoms with Crippen molar-refractivity contribution in [2.24, 2.45) is 0 Å². The highest BCUT2D eigenvalue weighted by Gasteiger charge is 2.38. The quantitative estimate of drug-likeness (QED) is 0.180. The van der Waals surface area contributed by atoms with Gasteiger partial charge in [0.1, 0.15) is 11.4 Å². The van der Waals surface area contributed by atoms with Crippen molar-refractivity contribution in [1.82, 2.24) is 24.9 Å². The fourth-order valence-corrected chi connectivity index (χ4v) is 8.89. The van der Waals surface area contributed by atoms with E-state index in [0.29, 0.717) is 45.6 Å². The van der Waals surface area contributed by atoms with Crippen LogP contribution in [0.5, 0.6) is 0 Å². The molecule has 54 heavy (non-hydrogen) atoms. The van der Waals surface area contributed by atoms with Crippen LogP contribution in [0, 0.1) is 0 Å². The van der Waals surface area contributed by atoms with Crippen molar-refractivity contribution < 1.29 is 8.83 Å². The van der Waals surface area contributed by atoms with E-state index in [9.17, 15) is 0 Å². The summed E-state index contributed by atoms with van der Waals surface area (Å²) in [5.41, 5.74) is 17.7. The summed E-state index contributed by atoms with van der Waals surface area (Å²) in [7, 11) is 0. The topological polar surface area (TPSA) is 90.7 Å². The van der Waals surface area contributed by atoms with Crippen LogP contribution in [-0.4, -0.2) is 24.9 Å². The SMILES string of the molecule is CC1(C)C2=C(CCC=C2)c2ccc(-c3cccc(-c4nc5nc6nc(-c7cccc(-c8ccc9c(c8)C(C)(C)c8ccccc8-9)n7)oc6cc5o4)n3)cc21. The van der Waals surface area contributed by atoms with Crippen molar-refractivity contribution in [2.45, 2.75) is 51.4 Å². The zero-order valence-electron chi connectivity index (χ0n) is 30.4. The zero-order chi connectivity index (χ0) is 36.3. The number of pyridine rings is 3. The molecule has 0 amide bonds. The number of hydrogen-bond donors (Lipinski definition) is 0. The van der Waals surface area contributed by atoms with Crippen molar-refractivity contribution in [3.8, 4) is 56.8 Å². The van der Waals surface area contributed by atoms with E-state index < -0.39 is 0 Å². The Bertz CT molecular complexity index is 2910. The van der Waals surface area contributed by atoms with Crippen molar-refractivity contribution in [3.05, 3.63) is 143 Å². The molecule has 7 heteroatoms. The molecule has 0 spiro atoms. The van der Waals surface area contributed by atoms with Crippen molar-refractivity contribution in [2.75, 3.05) is 0 Å². The van der Waals surface area contributed by atoms with E-state index in [-0.39, 0.29) is 10.8 Å². The first-order chi connectivity index (χ1) is 26.2. The number of oxazole rings is 2. The summed E-state index contributed by atoms with van der Waals surface area (Å²) < 4.78 is 12.5. The Kier molecular flexibility index (Phi) is 6.35. The van der Waals surface area contributed by atoms with Gasteiger partial charge in [0.15, 0.2) is 11.2 Å². The Morgan fingerprint density at radius 3 is 1.74 bits per heavy atom. The summed E-state index contributed by atoms with van der Waals surface area (Å²) >= 11 is 0. The third-order valence-electron chi connectivity index (χ3n) is 11.7. The summed E-state index contributed by atoms with van der Waals surface area (Å²) in [5, 5.41) is 0. The van der Waals surface area contributed by atoms with E-state index in [2.05, 4.69) is 101 Å². The second-order valence-electron chi connectivity index (χ2n) is 15.6. The van der Waals surface area contributed by atoms with Crippen LogP contribution in [-0.2, 0) is 10.8 Å². The molecule has 7 nitrogen and oxygen atoms in total. The molecule has 5 aromatic heterocycles. The first kappa shape index (κ1) is 31.1.